The van der Waals surface area contributed by atoms with Gasteiger partial charge in [-0.3, -0.25) is 0 Å². The van der Waals surface area contributed by atoms with Gasteiger partial charge in [-0.2, -0.15) is 0 Å². The molecule has 1 aromatic heterocycles. The van der Waals surface area contributed by atoms with Gasteiger partial charge < -0.3 is 5.32 Å². The van der Waals surface area contributed by atoms with E-state index in [1.807, 2.05) is 24.3 Å². The zero-order valence-electron chi connectivity index (χ0n) is 11.0. The highest BCUT2D eigenvalue weighted by molar-refractivity contribution is 7.19. The second kappa shape index (κ2) is 6.10. The third kappa shape index (κ3) is 3.07. The summed E-state index contributed by atoms with van der Waals surface area (Å²) in [5.74, 6) is -1.65. The summed E-state index contributed by atoms with van der Waals surface area (Å²) in [6.07, 6.45) is 0. The fourth-order valence-corrected chi connectivity index (χ4v) is 3.62. The molecular weight excluding hydrogens is 312 g/mol. The molecule has 0 spiro atoms. The van der Waals surface area contributed by atoms with Crippen LogP contribution in [0, 0.1) is 11.6 Å². The Bertz CT molecular complexity index is 785. The van der Waals surface area contributed by atoms with Crippen LogP contribution in [0.1, 0.15) is 10.4 Å². The van der Waals surface area contributed by atoms with E-state index in [1.54, 1.807) is 17.4 Å². The van der Waals surface area contributed by atoms with Crippen molar-refractivity contribution in [2.45, 2.75) is 13.1 Å². The van der Waals surface area contributed by atoms with E-state index in [4.69, 9.17) is 11.6 Å². The van der Waals surface area contributed by atoms with Crippen molar-refractivity contribution in [1.29, 1.82) is 0 Å². The molecule has 3 rings (SSSR count). The lowest BCUT2D eigenvalue weighted by molar-refractivity contribution is 0.506. The lowest BCUT2D eigenvalue weighted by Gasteiger charge is -2.04. The van der Waals surface area contributed by atoms with Crippen LogP contribution in [0.3, 0.4) is 0 Å². The van der Waals surface area contributed by atoms with E-state index in [0.717, 1.165) is 26.1 Å². The quantitative estimate of drug-likeness (QED) is 0.702. The van der Waals surface area contributed by atoms with Gasteiger partial charge in [0, 0.05) is 28.1 Å². The van der Waals surface area contributed by atoms with Gasteiger partial charge in [0.25, 0.3) is 0 Å². The van der Waals surface area contributed by atoms with E-state index < -0.39 is 11.6 Å². The number of fused-ring (bicyclic) bond motifs is 1. The maximum atomic E-state index is 13.1. The zero-order valence-corrected chi connectivity index (χ0v) is 12.6. The summed E-state index contributed by atoms with van der Waals surface area (Å²) in [5, 5.41) is 5.01. The largest absolute Gasteiger partial charge is 0.308 e. The minimum atomic E-state index is -0.827. The van der Waals surface area contributed by atoms with Crippen molar-refractivity contribution in [3.05, 3.63) is 69.6 Å². The molecule has 0 bridgehead atoms. The molecule has 0 amide bonds. The second-order valence-electron chi connectivity index (χ2n) is 4.69. The molecule has 0 saturated heterocycles. The highest BCUT2D eigenvalue weighted by atomic mass is 35.5. The first-order valence-electron chi connectivity index (χ1n) is 6.45. The first-order valence-corrected chi connectivity index (χ1v) is 7.65. The van der Waals surface area contributed by atoms with E-state index >= 15 is 0 Å². The van der Waals surface area contributed by atoms with E-state index in [0.29, 0.717) is 18.7 Å². The number of hydrogen-bond acceptors (Lipinski definition) is 2. The summed E-state index contributed by atoms with van der Waals surface area (Å²) in [6.45, 7) is 1.05. The Morgan fingerprint density at radius 3 is 2.57 bits per heavy atom. The van der Waals surface area contributed by atoms with Gasteiger partial charge in [-0.1, -0.05) is 35.9 Å². The van der Waals surface area contributed by atoms with Gasteiger partial charge in [0.2, 0.25) is 0 Å². The summed E-state index contributed by atoms with van der Waals surface area (Å²) in [7, 11) is 0. The smallest absolute Gasteiger partial charge is 0.159 e. The highest BCUT2D eigenvalue weighted by Crippen LogP contribution is 2.34. The van der Waals surface area contributed by atoms with E-state index in [2.05, 4.69) is 5.32 Å². The predicted molar refractivity (Wildman–Crippen MR) is 83.7 cm³/mol. The first kappa shape index (κ1) is 14.4. The molecule has 0 saturated carbocycles. The zero-order chi connectivity index (χ0) is 14.8. The molecule has 0 unspecified atom stereocenters. The number of benzene rings is 2. The Morgan fingerprint density at radius 2 is 1.81 bits per heavy atom. The Balaban J connectivity index is 1.69. The van der Waals surface area contributed by atoms with Crippen LogP contribution < -0.4 is 5.32 Å². The number of thiophene rings is 1. The van der Waals surface area contributed by atoms with Crippen LogP contribution in [0.2, 0.25) is 5.02 Å². The van der Waals surface area contributed by atoms with E-state index in [1.165, 1.54) is 6.07 Å². The van der Waals surface area contributed by atoms with Crippen LogP contribution in [-0.2, 0) is 13.1 Å². The summed E-state index contributed by atoms with van der Waals surface area (Å²) in [4.78, 5) is 1.04. The minimum Gasteiger partial charge on any atom is -0.308 e. The van der Waals surface area contributed by atoms with Gasteiger partial charge in [0.05, 0.1) is 5.02 Å². The monoisotopic (exact) mass is 323 g/mol. The van der Waals surface area contributed by atoms with Crippen molar-refractivity contribution in [2.24, 2.45) is 0 Å². The van der Waals surface area contributed by atoms with Crippen LogP contribution in [0.5, 0.6) is 0 Å². The number of hydrogen-bond donors (Lipinski definition) is 1. The first-order chi connectivity index (χ1) is 10.1. The fraction of sp³-hybridized carbons (Fsp3) is 0.125. The van der Waals surface area contributed by atoms with Crippen LogP contribution in [0.4, 0.5) is 8.78 Å². The number of nitrogens with one attached hydrogen (secondary N) is 1. The molecular formula is C16H12ClF2NS. The average molecular weight is 324 g/mol. The van der Waals surface area contributed by atoms with Crippen molar-refractivity contribution in [1.82, 2.24) is 5.32 Å². The van der Waals surface area contributed by atoms with Crippen molar-refractivity contribution in [2.75, 3.05) is 0 Å². The molecule has 2 aromatic carbocycles. The second-order valence-corrected chi connectivity index (χ2v) is 6.20. The molecule has 1 N–H and O–H groups in total. The summed E-state index contributed by atoms with van der Waals surface area (Å²) in [6, 6.07) is 11.9. The van der Waals surface area contributed by atoms with Crippen LogP contribution in [0.25, 0.3) is 10.1 Å². The summed E-state index contributed by atoms with van der Waals surface area (Å²) in [5.41, 5.74) is 0.700. The van der Waals surface area contributed by atoms with E-state index in [9.17, 15) is 8.78 Å². The molecule has 108 valence electrons. The van der Waals surface area contributed by atoms with Crippen molar-refractivity contribution >= 4 is 33.0 Å². The van der Waals surface area contributed by atoms with Crippen LogP contribution in [0.15, 0.2) is 42.5 Å². The Labute approximate surface area is 130 Å². The molecule has 21 heavy (non-hydrogen) atoms. The third-order valence-electron chi connectivity index (χ3n) is 3.20. The van der Waals surface area contributed by atoms with Crippen LogP contribution in [-0.4, -0.2) is 0 Å². The van der Waals surface area contributed by atoms with Gasteiger partial charge >= 0.3 is 0 Å². The third-order valence-corrected chi connectivity index (χ3v) is 4.91. The number of rotatable bonds is 4. The topological polar surface area (TPSA) is 12.0 Å². The molecule has 0 fully saturated rings. The molecule has 0 aliphatic heterocycles. The molecule has 0 aliphatic rings. The predicted octanol–water partition coefficient (Wildman–Crippen LogP) is 5.12. The lowest BCUT2D eigenvalue weighted by Crippen LogP contribution is -2.12. The average Bonchev–Trinajstić information content (AvgIpc) is 2.80. The molecule has 5 heteroatoms. The Morgan fingerprint density at radius 1 is 1.00 bits per heavy atom. The van der Waals surface area contributed by atoms with Gasteiger partial charge in [0.1, 0.15) is 0 Å². The molecule has 0 atom stereocenters. The molecule has 0 radical (unpaired) electrons. The Hall–Kier alpha value is -1.49. The Kier molecular flexibility index (Phi) is 4.19. The summed E-state index contributed by atoms with van der Waals surface area (Å²) >= 11 is 7.98. The van der Waals surface area contributed by atoms with Gasteiger partial charge in [-0.05, 0) is 23.8 Å². The molecule has 0 aliphatic carbocycles. The molecule has 1 nitrogen and oxygen atoms in total. The van der Waals surface area contributed by atoms with Gasteiger partial charge in [0.15, 0.2) is 11.6 Å². The van der Waals surface area contributed by atoms with Gasteiger partial charge in [-0.25, -0.2) is 8.78 Å². The normalized spacial score (nSPS) is 11.2. The van der Waals surface area contributed by atoms with Crippen molar-refractivity contribution in [3.8, 4) is 0 Å². The maximum Gasteiger partial charge on any atom is 0.159 e. The van der Waals surface area contributed by atoms with Gasteiger partial charge in [-0.15, -0.1) is 11.3 Å². The number of halogens is 3. The molecule has 1 heterocycles. The standard InChI is InChI=1S/C16H12ClF2NS/c17-16-11-3-1-2-4-14(11)21-15(16)9-20-8-10-5-6-12(18)13(19)7-10/h1-7,20H,8-9H2. The maximum absolute atomic E-state index is 13.1. The van der Waals surface area contributed by atoms with Crippen molar-refractivity contribution < 1.29 is 8.78 Å². The molecule has 3 aromatic rings. The summed E-state index contributed by atoms with van der Waals surface area (Å²) < 4.78 is 27.1. The lowest BCUT2D eigenvalue weighted by atomic mass is 10.2. The fourth-order valence-electron chi connectivity index (χ4n) is 2.15. The minimum absolute atomic E-state index is 0.460. The van der Waals surface area contributed by atoms with E-state index in [-0.39, 0.29) is 0 Å². The SMILES string of the molecule is Fc1ccc(CNCc2sc3ccccc3c2Cl)cc1F. The highest BCUT2D eigenvalue weighted by Gasteiger charge is 2.09. The van der Waals surface area contributed by atoms with Crippen molar-refractivity contribution in [3.63, 3.8) is 0 Å². The van der Waals surface area contributed by atoms with Crippen LogP contribution >= 0.6 is 22.9 Å².